The first-order valence-electron chi connectivity index (χ1n) is 21.6. The standard InChI is InChI=1S/C57H44N4/c1-56(2,3)35-28-41-42-29-36(57(4,5)6)31-46(59(37-19-9-7-10-20-37)38-21-11-8-12-22-38)53(42)61-52(41)44(30-35)51-49-43-27-34-18-14-16-24-40(34)50-48-39-23-15-13-17-33(39)25-26-45(48)60(54(43)50)47(49)32-58-55(51)61/h7-32H,1-6H3. The molecule has 0 aliphatic heterocycles. The monoisotopic (exact) mass is 784 g/mol. The van der Waals surface area contributed by atoms with Gasteiger partial charge >= 0.3 is 0 Å². The second-order valence-electron chi connectivity index (χ2n) is 19.3. The van der Waals surface area contributed by atoms with Crippen LogP contribution < -0.4 is 4.90 Å². The third kappa shape index (κ3) is 4.57. The molecule has 13 rings (SSSR count). The molecule has 0 saturated carbocycles. The smallest absolute Gasteiger partial charge is 0.146 e. The Labute approximate surface area is 353 Å². The van der Waals surface area contributed by atoms with E-state index in [1.54, 1.807) is 0 Å². The van der Waals surface area contributed by atoms with Gasteiger partial charge in [-0.1, -0.05) is 133 Å². The van der Waals surface area contributed by atoms with Gasteiger partial charge in [-0.3, -0.25) is 4.40 Å². The van der Waals surface area contributed by atoms with E-state index in [4.69, 9.17) is 4.98 Å². The van der Waals surface area contributed by atoms with Crippen LogP contribution in [0.5, 0.6) is 0 Å². The molecule has 0 spiro atoms. The highest BCUT2D eigenvalue weighted by atomic mass is 15.2. The number of fused-ring (bicyclic) bond motifs is 17. The van der Waals surface area contributed by atoms with Crippen molar-refractivity contribution in [3.8, 4) is 0 Å². The van der Waals surface area contributed by atoms with Gasteiger partial charge in [-0.25, -0.2) is 4.98 Å². The van der Waals surface area contributed by atoms with Crippen molar-refractivity contribution in [3.63, 3.8) is 0 Å². The predicted molar refractivity (Wildman–Crippen MR) is 261 cm³/mol. The molecule has 0 aliphatic rings. The molecule has 0 N–H and O–H groups in total. The van der Waals surface area contributed by atoms with Gasteiger partial charge in [0.2, 0.25) is 0 Å². The van der Waals surface area contributed by atoms with Crippen LogP contribution in [0, 0.1) is 0 Å². The summed E-state index contributed by atoms with van der Waals surface area (Å²) in [4.78, 5) is 8.06. The van der Waals surface area contributed by atoms with Crippen LogP contribution in [-0.4, -0.2) is 13.8 Å². The fraction of sp³-hybridized carbons (Fsp3) is 0.140. The molecule has 5 heterocycles. The minimum atomic E-state index is -0.0923. The Morgan fingerprint density at radius 2 is 0.951 bits per heavy atom. The van der Waals surface area contributed by atoms with Crippen LogP contribution in [0.25, 0.3) is 97.9 Å². The van der Waals surface area contributed by atoms with Gasteiger partial charge in [-0.15, -0.1) is 0 Å². The van der Waals surface area contributed by atoms with Gasteiger partial charge in [0.15, 0.2) is 0 Å². The maximum atomic E-state index is 5.61. The van der Waals surface area contributed by atoms with Gasteiger partial charge in [0.1, 0.15) is 5.65 Å². The minimum absolute atomic E-state index is 0.0867. The van der Waals surface area contributed by atoms with Crippen molar-refractivity contribution >= 4 is 115 Å². The number of benzene rings is 8. The first kappa shape index (κ1) is 34.7. The fourth-order valence-corrected chi connectivity index (χ4v) is 10.7. The molecule has 0 bridgehead atoms. The van der Waals surface area contributed by atoms with Gasteiger partial charge in [0.25, 0.3) is 0 Å². The van der Waals surface area contributed by atoms with Gasteiger partial charge in [-0.2, -0.15) is 0 Å². The first-order chi connectivity index (χ1) is 29.6. The zero-order valence-corrected chi connectivity index (χ0v) is 35.3. The molecule has 0 saturated heterocycles. The molecule has 8 aromatic carbocycles. The Morgan fingerprint density at radius 1 is 0.410 bits per heavy atom. The number of para-hydroxylation sites is 2. The summed E-state index contributed by atoms with van der Waals surface area (Å²) < 4.78 is 5.03. The molecule has 0 fully saturated rings. The lowest BCUT2D eigenvalue weighted by molar-refractivity contribution is 0.591. The average Bonchev–Trinajstić information content (AvgIpc) is 3.99. The number of hydrogen-bond donors (Lipinski definition) is 0. The number of hydrogen-bond acceptors (Lipinski definition) is 2. The highest BCUT2D eigenvalue weighted by molar-refractivity contribution is 6.40. The maximum Gasteiger partial charge on any atom is 0.146 e. The molecule has 0 radical (unpaired) electrons. The topological polar surface area (TPSA) is 24.9 Å². The van der Waals surface area contributed by atoms with Crippen LogP contribution in [0.15, 0.2) is 158 Å². The van der Waals surface area contributed by atoms with Crippen molar-refractivity contribution in [2.75, 3.05) is 4.90 Å². The predicted octanol–water partition coefficient (Wildman–Crippen LogP) is 15.8. The molecule has 0 amide bonds. The summed E-state index contributed by atoms with van der Waals surface area (Å²) >= 11 is 0. The molecule has 0 unspecified atom stereocenters. The number of pyridine rings is 1. The summed E-state index contributed by atoms with van der Waals surface area (Å²) in [5, 5.41) is 15.3. The highest BCUT2D eigenvalue weighted by Gasteiger charge is 2.31. The van der Waals surface area contributed by atoms with Gasteiger partial charge in [0.05, 0.1) is 39.5 Å². The average molecular weight is 785 g/mol. The van der Waals surface area contributed by atoms with Crippen molar-refractivity contribution in [2.24, 2.45) is 0 Å². The lowest BCUT2D eigenvalue weighted by Gasteiger charge is -2.29. The summed E-state index contributed by atoms with van der Waals surface area (Å²) in [5.74, 6) is 0. The molecule has 61 heavy (non-hydrogen) atoms. The molecule has 0 aliphatic carbocycles. The maximum absolute atomic E-state index is 5.61. The molecule has 0 atom stereocenters. The van der Waals surface area contributed by atoms with E-state index < -0.39 is 0 Å². The van der Waals surface area contributed by atoms with Gasteiger partial charge in [-0.05, 0) is 104 Å². The van der Waals surface area contributed by atoms with Crippen molar-refractivity contribution in [3.05, 3.63) is 169 Å². The van der Waals surface area contributed by atoms with E-state index in [1.165, 1.54) is 97.8 Å². The zero-order chi connectivity index (χ0) is 41.1. The Kier molecular flexibility index (Phi) is 6.69. The molecular weight excluding hydrogens is 741 g/mol. The number of anilines is 3. The summed E-state index contributed by atoms with van der Waals surface area (Å²) in [6, 6.07) is 56.4. The quantitative estimate of drug-likeness (QED) is 0.178. The van der Waals surface area contributed by atoms with Crippen LogP contribution in [0.2, 0.25) is 0 Å². The Bertz CT molecular complexity index is 3890. The van der Waals surface area contributed by atoms with E-state index in [0.29, 0.717) is 0 Å². The minimum Gasteiger partial charge on any atom is -0.308 e. The van der Waals surface area contributed by atoms with E-state index >= 15 is 0 Å². The Morgan fingerprint density at radius 3 is 1.62 bits per heavy atom. The SMILES string of the molecule is CC(C)(C)c1cc(N(c2ccccc2)c2ccccc2)c2c(c1)c1cc(C(C)(C)C)cc3c4c5c6cc7ccccc7c7c8c9ccccc9ccc8n(c5cnc4n2c13)c67. The lowest BCUT2D eigenvalue weighted by Crippen LogP contribution is -2.15. The van der Waals surface area contributed by atoms with Crippen LogP contribution >= 0.6 is 0 Å². The number of nitrogens with zero attached hydrogens (tertiary/aromatic N) is 4. The van der Waals surface area contributed by atoms with Crippen LogP contribution in [0.4, 0.5) is 17.1 Å². The summed E-state index contributed by atoms with van der Waals surface area (Å²) in [5.41, 5.74) is 12.9. The number of rotatable bonds is 3. The van der Waals surface area contributed by atoms with E-state index in [-0.39, 0.29) is 10.8 Å². The van der Waals surface area contributed by atoms with E-state index in [1.807, 2.05) is 0 Å². The summed E-state index contributed by atoms with van der Waals surface area (Å²) in [7, 11) is 0. The van der Waals surface area contributed by atoms with E-state index in [2.05, 4.69) is 213 Å². The first-order valence-corrected chi connectivity index (χ1v) is 21.6. The molecule has 13 aromatic rings. The van der Waals surface area contributed by atoms with Crippen LogP contribution in [-0.2, 0) is 10.8 Å². The van der Waals surface area contributed by atoms with Gasteiger partial charge in [0, 0.05) is 54.5 Å². The highest BCUT2D eigenvalue weighted by Crippen LogP contribution is 2.52. The van der Waals surface area contributed by atoms with Gasteiger partial charge < -0.3 is 9.30 Å². The van der Waals surface area contributed by atoms with Crippen molar-refractivity contribution < 1.29 is 0 Å². The second kappa shape index (κ2) is 11.8. The molecule has 292 valence electrons. The lowest BCUT2D eigenvalue weighted by atomic mass is 9.84. The van der Waals surface area contributed by atoms with Crippen LogP contribution in [0.1, 0.15) is 52.7 Å². The second-order valence-corrected chi connectivity index (χ2v) is 19.3. The normalized spacial score (nSPS) is 13.1. The van der Waals surface area contributed by atoms with Crippen molar-refractivity contribution in [2.45, 2.75) is 52.4 Å². The molecule has 5 aromatic heterocycles. The molecule has 4 nitrogen and oxygen atoms in total. The van der Waals surface area contributed by atoms with Crippen molar-refractivity contribution in [1.82, 2.24) is 13.8 Å². The van der Waals surface area contributed by atoms with E-state index in [0.717, 1.165) is 28.2 Å². The molecule has 4 heteroatoms. The third-order valence-corrected chi connectivity index (χ3v) is 13.6. The Hall–Kier alpha value is -7.17. The fourth-order valence-electron chi connectivity index (χ4n) is 10.7. The third-order valence-electron chi connectivity index (χ3n) is 13.6. The number of aromatic nitrogens is 3. The van der Waals surface area contributed by atoms with E-state index in [9.17, 15) is 0 Å². The largest absolute Gasteiger partial charge is 0.308 e. The Balaban J connectivity index is 1.28. The molecular formula is C57H44N4. The summed E-state index contributed by atoms with van der Waals surface area (Å²) in [6.45, 7) is 14.0. The van der Waals surface area contributed by atoms with Crippen molar-refractivity contribution in [1.29, 1.82) is 0 Å². The summed E-state index contributed by atoms with van der Waals surface area (Å²) in [6.07, 6.45) is 2.16. The van der Waals surface area contributed by atoms with Crippen LogP contribution in [0.3, 0.4) is 0 Å². The zero-order valence-electron chi connectivity index (χ0n) is 35.3.